The van der Waals surface area contributed by atoms with Gasteiger partial charge in [-0.25, -0.2) is 8.78 Å². The van der Waals surface area contributed by atoms with Crippen molar-refractivity contribution in [1.29, 1.82) is 0 Å². The number of hydrogen-bond donors (Lipinski definition) is 0. The number of hydrogen-bond acceptors (Lipinski definition) is 4. The van der Waals surface area contributed by atoms with Crippen molar-refractivity contribution >= 4 is 5.78 Å². The van der Waals surface area contributed by atoms with Crippen molar-refractivity contribution in [2.24, 2.45) is 0 Å². The average Bonchev–Trinajstić information content (AvgIpc) is 2.44. The van der Waals surface area contributed by atoms with Gasteiger partial charge in [0.25, 0.3) is 0 Å². The van der Waals surface area contributed by atoms with Crippen LogP contribution in [0.4, 0.5) is 17.6 Å². The van der Waals surface area contributed by atoms with Crippen molar-refractivity contribution in [3.8, 4) is 5.75 Å². The van der Waals surface area contributed by atoms with E-state index in [2.05, 4.69) is 0 Å². The van der Waals surface area contributed by atoms with Crippen molar-refractivity contribution in [3.63, 3.8) is 0 Å². The summed E-state index contributed by atoms with van der Waals surface area (Å²) in [5.41, 5.74) is 0. The van der Waals surface area contributed by atoms with Gasteiger partial charge in [-0.05, 0) is 0 Å². The predicted octanol–water partition coefficient (Wildman–Crippen LogP) is 1.99. The van der Waals surface area contributed by atoms with Crippen LogP contribution >= 0.6 is 0 Å². The molecular weight excluding hydrogens is 296 g/mol. The molecule has 2 rings (SSSR count). The standard InChI is InChI=1S/C13H12F4O4/c1-19-2-3-20-12-8(18)5-9(12)21-13-10(16)6(14)4-7(15)11(13)17/h4,9,12H,2-3,5H2,1H3. The molecule has 0 saturated heterocycles. The first kappa shape index (κ1) is 15.7. The summed E-state index contributed by atoms with van der Waals surface area (Å²) in [6, 6.07) is 0.0794. The summed E-state index contributed by atoms with van der Waals surface area (Å²) in [7, 11) is 1.43. The largest absolute Gasteiger partial charge is 0.480 e. The maximum Gasteiger partial charge on any atom is 0.203 e. The highest BCUT2D eigenvalue weighted by Gasteiger charge is 2.43. The third-order valence-corrected chi connectivity index (χ3v) is 2.98. The van der Waals surface area contributed by atoms with Crippen LogP contribution in [0, 0.1) is 23.3 Å². The molecule has 1 saturated carbocycles. The van der Waals surface area contributed by atoms with Crippen LogP contribution < -0.4 is 4.74 Å². The highest BCUT2D eigenvalue weighted by Crippen LogP contribution is 2.31. The highest BCUT2D eigenvalue weighted by molar-refractivity contribution is 5.90. The molecule has 0 bridgehead atoms. The van der Waals surface area contributed by atoms with Gasteiger partial charge in [0.15, 0.2) is 29.3 Å². The number of carbonyl (C=O) groups is 1. The van der Waals surface area contributed by atoms with E-state index in [1.807, 2.05) is 0 Å². The molecule has 0 aromatic heterocycles. The monoisotopic (exact) mass is 308 g/mol. The first-order chi connectivity index (χ1) is 9.95. The molecule has 0 radical (unpaired) electrons. The van der Waals surface area contributed by atoms with Gasteiger partial charge in [0, 0.05) is 19.6 Å². The summed E-state index contributed by atoms with van der Waals surface area (Å²) in [5, 5.41) is 0. The van der Waals surface area contributed by atoms with E-state index in [0.717, 1.165) is 0 Å². The quantitative estimate of drug-likeness (QED) is 0.458. The van der Waals surface area contributed by atoms with E-state index in [-0.39, 0.29) is 31.5 Å². The lowest BCUT2D eigenvalue weighted by Gasteiger charge is -2.34. The summed E-state index contributed by atoms with van der Waals surface area (Å²) >= 11 is 0. The van der Waals surface area contributed by atoms with Crippen LogP contribution in [0.5, 0.6) is 5.75 Å². The molecule has 0 N–H and O–H groups in total. The molecule has 1 aliphatic carbocycles. The number of halogens is 4. The Morgan fingerprint density at radius 2 is 1.76 bits per heavy atom. The lowest BCUT2D eigenvalue weighted by Crippen LogP contribution is -2.52. The zero-order valence-electron chi connectivity index (χ0n) is 11.0. The molecule has 2 unspecified atom stereocenters. The van der Waals surface area contributed by atoms with E-state index in [9.17, 15) is 22.4 Å². The van der Waals surface area contributed by atoms with Gasteiger partial charge in [0.2, 0.25) is 11.6 Å². The fraction of sp³-hybridized carbons (Fsp3) is 0.462. The highest BCUT2D eigenvalue weighted by atomic mass is 19.2. The second-order valence-electron chi connectivity index (χ2n) is 4.41. The van der Waals surface area contributed by atoms with Crippen LogP contribution in [0.15, 0.2) is 6.07 Å². The lowest BCUT2D eigenvalue weighted by atomic mass is 9.90. The zero-order valence-corrected chi connectivity index (χ0v) is 11.0. The summed E-state index contributed by atoms with van der Waals surface area (Å²) in [5.74, 6) is -7.97. The van der Waals surface area contributed by atoms with Gasteiger partial charge >= 0.3 is 0 Å². The Labute approximate surface area is 117 Å². The molecule has 0 spiro atoms. The lowest BCUT2D eigenvalue weighted by molar-refractivity contribution is -0.156. The van der Waals surface area contributed by atoms with Gasteiger partial charge in [-0.2, -0.15) is 8.78 Å². The zero-order chi connectivity index (χ0) is 15.6. The molecule has 0 aliphatic heterocycles. The molecule has 0 heterocycles. The third-order valence-electron chi connectivity index (χ3n) is 2.98. The molecule has 1 aliphatic rings. The molecule has 4 nitrogen and oxygen atoms in total. The Hall–Kier alpha value is -1.67. The average molecular weight is 308 g/mol. The smallest absolute Gasteiger partial charge is 0.203 e. The number of ether oxygens (including phenoxy) is 3. The molecule has 2 atom stereocenters. The van der Waals surface area contributed by atoms with Crippen LogP contribution in [-0.2, 0) is 14.3 Å². The van der Waals surface area contributed by atoms with Crippen molar-refractivity contribution < 1.29 is 36.6 Å². The van der Waals surface area contributed by atoms with E-state index in [1.54, 1.807) is 0 Å². The number of methoxy groups -OCH3 is 1. The van der Waals surface area contributed by atoms with Crippen LogP contribution in [-0.4, -0.2) is 38.3 Å². The van der Waals surface area contributed by atoms with Crippen LogP contribution in [0.1, 0.15) is 6.42 Å². The van der Waals surface area contributed by atoms with Crippen molar-refractivity contribution in [2.45, 2.75) is 18.6 Å². The van der Waals surface area contributed by atoms with Crippen LogP contribution in [0.2, 0.25) is 0 Å². The molecule has 8 heteroatoms. The molecule has 1 fully saturated rings. The topological polar surface area (TPSA) is 44.8 Å². The Balaban J connectivity index is 2.10. The number of rotatable bonds is 6. The van der Waals surface area contributed by atoms with Gasteiger partial charge in [0.05, 0.1) is 13.2 Å². The Bertz CT molecular complexity index is 523. The second-order valence-corrected chi connectivity index (χ2v) is 4.41. The molecule has 1 aromatic carbocycles. The molecule has 1 aromatic rings. The SMILES string of the molecule is COCCOC1C(=O)CC1Oc1c(F)c(F)cc(F)c1F. The molecular formula is C13H12F4O4. The van der Waals surface area contributed by atoms with E-state index in [4.69, 9.17) is 14.2 Å². The Kier molecular flexibility index (Phi) is 4.79. The third kappa shape index (κ3) is 3.16. The minimum atomic E-state index is -1.65. The summed E-state index contributed by atoms with van der Waals surface area (Å²) in [6.07, 6.45) is -2.20. The summed E-state index contributed by atoms with van der Waals surface area (Å²) < 4.78 is 67.7. The van der Waals surface area contributed by atoms with Gasteiger partial charge < -0.3 is 14.2 Å². The summed E-state index contributed by atoms with van der Waals surface area (Å²) in [6.45, 7) is 0.295. The van der Waals surface area contributed by atoms with E-state index >= 15 is 0 Å². The van der Waals surface area contributed by atoms with Gasteiger partial charge in [-0.1, -0.05) is 0 Å². The van der Waals surface area contributed by atoms with Crippen LogP contribution in [0.25, 0.3) is 0 Å². The number of carbonyl (C=O) groups excluding carboxylic acids is 1. The Morgan fingerprint density at radius 1 is 1.14 bits per heavy atom. The van der Waals surface area contributed by atoms with Crippen LogP contribution in [0.3, 0.4) is 0 Å². The number of Topliss-reactive ketones (excluding diaryl/α,β-unsaturated/α-hetero) is 1. The fourth-order valence-corrected chi connectivity index (χ4v) is 1.84. The normalized spacial score (nSPS) is 21.3. The van der Waals surface area contributed by atoms with E-state index in [0.29, 0.717) is 0 Å². The van der Waals surface area contributed by atoms with Crippen molar-refractivity contribution in [2.75, 3.05) is 20.3 Å². The van der Waals surface area contributed by atoms with E-state index < -0.39 is 41.2 Å². The first-order valence-corrected chi connectivity index (χ1v) is 6.08. The minimum Gasteiger partial charge on any atom is -0.480 e. The summed E-state index contributed by atoms with van der Waals surface area (Å²) in [4.78, 5) is 11.3. The number of ketones is 1. The second kappa shape index (κ2) is 6.40. The molecule has 21 heavy (non-hydrogen) atoms. The van der Waals surface area contributed by atoms with Crippen molar-refractivity contribution in [3.05, 3.63) is 29.3 Å². The Morgan fingerprint density at radius 3 is 2.29 bits per heavy atom. The maximum atomic E-state index is 13.4. The fourth-order valence-electron chi connectivity index (χ4n) is 1.84. The first-order valence-electron chi connectivity index (χ1n) is 6.08. The van der Waals surface area contributed by atoms with Gasteiger partial charge in [-0.3, -0.25) is 4.79 Å². The molecule has 116 valence electrons. The molecule has 0 amide bonds. The maximum absolute atomic E-state index is 13.4. The van der Waals surface area contributed by atoms with Gasteiger partial charge in [-0.15, -0.1) is 0 Å². The van der Waals surface area contributed by atoms with Crippen molar-refractivity contribution in [1.82, 2.24) is 0 Å². The van der Waals surface area contributed by atoms with Gasteiger partial charge in [0.1, 0.15) is 6.10 Å². The number of benzene rings is 1. The minimum absolute atomic E-state index is 0.0786. The predicted molar refractivity (Wildman–Crippen MR) is 61.9 cm³/mol. The van der Waals surface area contributed by atoms with E-state index in [1.165, 1.54) is 7.11 Å².